The molecule has 0 aromatic heterocycles. The lowest BCUT2D eigenvalue weighted by atomic mass is 10.2. The van der Waals surface area contributed by atoms with E-state index in [1.807, 2.05) is 6.07 Å². The second-order valence-corrected chi connectivity index (χ2v) is 5.95. The molecule has 0 aliphatic carbocycles. The molecule has 6 nitrogen and oxygen atoms in total. The highest BCUT2D eigenvalue weighted by Crippen LogP contribution is 2.13. The first kappa shape index (κ1) is 19.1. The van der Waals surface area contributed by atoms with E-state index in [0.717, 1.165) is 0 Å². The van der Waals surface area contributed by atoms with Crippen LogP contribution in [0.1, 0.15) is 12.5 Å². The second-order valence-electron chi connectivity index (χ2n) is 5.95. The van der Waals surface area contributed by atoms with Gasteiger partial charge in [-0.25, -0.2) is 4.39 Å². The lowest BCUT2D eigenvalue weighted by molar-refractivity contribution is -0.885. The summed E-state index contributed by atoms with van der Waals surface area (Å²) >= 11 is 0. The maximum Gasteiger partial charge on any atom is 0.282 e. The Morgan fingerprint density at radius 3 is 2.62 bits per heavy atom. The molecular formula is C19H20FN4O2+. The second kappa shape index (κ2) is 8.74. The highest BCUT2D eigenvalue weighted by Gasteiger charge is 2.24. The van der Waals surface area contributed by atoms with Crippen molar-refractivity contribution in [2.75, 3.05) is 24.2 Å². The van der Waals surface area contributed by atoms with Gasteiger partial charge in [0.15, 0.2) is 12.6 Å². The van der Waals surface area contributed by atoms with Crippen LogP contribution in [-0.2, 0) is 9.59 Å². The molecule has 3 N–H and O–H groups in total. The number of anilines is 2. The molecule has 2 rings (SSSR count). The first-order chi connectivity index (χ1) is 12.4. The standard InChI is InChI=1S/C19H19FN4O2/c1-13(19(26)23-17-9-4-3-6-14(17)11-21)24(2)12-18(25)22-16-8-5-7-15(20)10-16/h3-10,13H,12H2,1-2H3,(H,22,25)(H,23,26)/p+1/t13-/m1/s1. The quantitative estimate of drug-likeness (QED) is 0.727. The Morgan fingerprint density at radius 2 is 1.92 bits per heavy atom. The van der Waals surface area contributed by atoms with Crippen molar-refractivity contribution < 1.29 is 18.9 Å². The van der Waals surface area contributed by atoms with Crippen molar-refractivity contribution in [3.8, 4) is 6.07 Å². The van der Waals surface area contributed by atoms with Gasteiger partial charge in [-0.15, -0.1) is 0 Å². The molecule has 1 unspecified atom stereocenters. The van der Waals surface area contributed by atoms with Crippen LogP contribution in [0, 0.1) is 17.1 Å². The van der Waals surface area contributed by atoms with Crippen molar-refractivity contribution in [2.24, 2.45) is 0 Å². The van der Waals surface area contributed by atoms with Crippen molar-refractivity contribution >= 4 is 23.2 Å². The van der Waals surface area contributed by atoms with E-state index in [-0.39, 0.29) is 18.4 Å². The number of benzene rings is 2. The molecular weight excluding hydrogens is 335 g/mol. The molecule has 0 radical (unpaired) electrons. The number of nitriles is 1. The highest BCUT2D eigenvalue weighted by molar-refractivity contribution is 5.95. The van der Waals surface area contributed by atoms with Gasteiger partial charge in [0.2, 0.25) is 0 Å². The predicted octanol–water partition coefficient (Wildman–Crippen LogP) is 1.18. The van der Waals surface area contributed by atoms with Gasteiger partial charge in [0.05, 0.1) is 18.3 Å². The zero-order chi connectivity index (χ0) is 19.1. The van der Waals surface area contributed by atoms with Crippen LogP contribution in [0.4, 0.5) is 15.8 Å². The lowest BCUT2D eigenvalue weighted by Crippen LogP contribution is -3.14. The number of hydrogen-bond donors (Lipinski definition) is 3. The summed E-state index contributed by atoms with van der Waals surface area (Å²) in [6.07, 6.45) is 0. The molecule has 2 aromatic rings. The summed E-state index contributed by atoms with van der Waals surface area (Å²) in [5, 5.41) is 14.4. The van der Waals surface area contributed by atoms with E-state index in [0.29, 0.717) is 21.8 Å². The molecule has 0 saturated heterocycles. The molecule has 0 heterocycles. The van der Waals surface area contributed by atoms with E-state index in [2.05, 4.69) is 10.6 Å². The Bertz CT molecular complexity index is 847. The molecule has 0 bridgehead atoms. The van der Waals surface area contributed by atoms with Gasteiger partial charge >= 0.3 is 0 Å². The summed E-state index contributed by atoms with van der Waals surface area (Å²) < 4.78 is 13.2. The van der Waals surface area contributed by atoms with E-state index in [1.54, 1.807) is 44.3 Å². The Kier molecular flexibility index (Phi) is 6.42. The van der Waals surface area contributed by atoms with Crippen LogP contribution in [0.15, 0.2) is 48.5 Å². The number of halogens is 1. The number of carbonyl (C=O) groups excluding carboxylic acids is 2. The first-order valence-electron chi connectivity index (χ1n) is 8.08. The Morgan fingerprint density at radius 1 is 1.19 bits per heavy atom. The Hall–Kier alpha value is -3.24. The molecule has 134 valence electrons. The smallest absolute Gasteiger partial charge is 0.282 e. The van der Waals surface area contributed by atoms with Gasteiger partial charge in [0, 0.05) is 5.69 Å². The third-order valence-corrected chi connectivity index (χ3v) is 3.99. The maximum atomic E-state index is 13.2. The topological polar surface area (TPSA) is 86.4 Å². The third kappa shape index (κ3) is 5.13. The largest absolute Gasteiger partial charge is 0.321 e. The minimum absolute atomic E-state index is 0.0327. The number of quaternary nitrogens is 1. The van der Waals surface area contributed by atoms with Crippen LogP contribution in [0.2, 0.25) is 0 Å². The average Bonchev–Trinajstić information content (AvgIpc) is 2.61. The SMILES string of the molecule is C[C@H](C(=O)Nc1ccccc1C#N)[NH+](C)CC(=O)Nc1cccc(F)c1. The van der Waals surface area contributed by atoms with Crippen LogP contribution in [-0.4, -0.2) is 31.4 Å². The van der Waals surface area contributed by atoms with Gasteiger partial charge in [-0.2, -0.15) is 5.26 Å². The molecule has 26 heavy (non-hydrogen) atoms. The van der Waals surface area contributed by atoms with Crippen molar-refractivity contribution in [3.05, 3.63) is 59.9 Å². The van der Waals surface area contributed by atoms with Gasteiger partial charge in [0.1, 0.15) is 11.9 Å². The molecule has 0 saturated carbocycles. The maximum absolute atomic E-state index is 13.2. The summed E-state index contributed by atoms with van der Waals surface area (Å²) in [5.41, 5.74) is 1.17. The lowest BCUT2D eigenvalue weighted by Gasteiger charge is -2.21. The predicted molar refractivity (Wildman–Crippen MR) is 96.0 cm³/mol. The number of para-hydroxylation sites is 1. The third-order valence-electron chi connectivity index (χ3n) is 3.99. The van der Waals surface area contributed by atoms with Crippen molar-refractivity contribution in [1.82, 2.24) is 0 Å². The summed E-state index contributed by atoms with van der Waals surface area (Å²) in [4.78, 5) is 25.1. The summed E-state index contributed by atoms with van der Waals surface area (Å²) in [7, 11) is 1.71. The normalized spacial score (nSPS) is 12.5. The van der Waals surface area contributed by atoms with Crippen LogP contribution >= 0.6 is 0 Å². The van der Waals surface area contributed by atoms with Crippen LogP contribution < -0.4 is 15.5 Å². The van der Waals surface area contributed by atoms with E-state index < -0.39 is 11.9 Å². The molecule has 2 amide bonds. The van der Waals surface area contributed by atoms with E-state index in [4.69, 9.17) is 5.26 Å². The number of rotatable bonds is 6. The van der Waals surface area contributed by atoms with Crippen LogP contribution in [0.25, 0.3) is 0 Å². The summed E-state index contributed by atoms with van der Waals surface area (Å²) in [6.45, 7) is 1.72. The van der Waals surface area contributed by atoms with Gasteiger partial charge in [-0.3, -0.25) is 9.59 Å². The number of amides is 2. The van der Waals surface area contributed by atoms with Gasteiger partial charge in [-0.1, -0.05) is 18.2 Å². The molecule has 0 aliphatic rings. The number of carbonyl (C=O) groups is 2. The number of likely N-dealkylation sites (N-methyl/N-ethyl adjacent to an activating group) is 1. The van der Waals surface area contributed by atoms with Crippen molar-refractivity contribution in [1.29, 1.82) is 5.26 Å². The number of nitrogens with zero attached hydrogens (tertiary/aromatic N) is 1. The van der Waals surface area contributed by atoms with E-state index in [9.17, 15) is 14.0 Å². The number of hydrogen-bond acceptors (Lipinski definition) is 3. The zero-order valence-electron chi connectivity index (χ0n) is 14.5. The zero-order valence-corrected chi connectivity index (χ0v) is 14.5. The fourth-order valence-electron chi connectivity index (χ4n) is 2.33. The Labute approximate surface area is 151 Å². The van der Waals surface area contributed by atoms with Crippen LogP contribution in [0.3, 0.4) is 0 Å². The van der Waals surface area contributed by atoms with Gasteiger partial charge in [-0.05, 0) is 37.3 Å². The fourth-order valence-corrected chi connectivity index (χ4v) is 2.33. The molecule has 0 aliphatic heterocycles. The molecule has 7 heteroatoms. The minimum atomic E-state index is -0.528. The molecule has 0 spiro atoms. The van der Waals surface area contributed by atoms with E-state index >= 15 is 0 Å². The van der Waals surface area contributed by atoms with Gasteiger partial charge < -0.3 is 15.5 Å². The van der Waals surface area contributed by atoms with Crippen LogP contribution in [0.5, 0.6) is 0 Å². The molecule has 2 atom stereocenters. The fraction of sp³-hybridized carbons (Fsp3) is 0.211. The average molecular weight is 355 g/mol. The minimum Gasteiger partial charge on any atom is -0.321 e. The number of nitrogens with one attached hydrogen (secondary N) is 3. The van der Waals surface area contributed by atoms with Crippen molar-refractivity contribution in [3.63, 3.8) is 0 Å². The highest BCUT2D eigenvalue weighted by atomic mass is 19.1. The Balaban J connectivity index is 1.93. The molecule has 2 aromatic carbocycles. The van der Waals surface area contributed by atoms with Crippen molar-refractivity contribution in [2.45, 2.75) is 13.0 Å². The van der Waals surface area contributed by atoms with Gasteiger partial charge in [0.25, 0.3) is 11.8 Å². The first-order valence-corrected chi connectivity index (χ1v) is 8.08. The monoisotopic (exact) mass is 355 g/mol. The summed E-state index contributed by atoms with van der Waals surface area (Å²) in [5.74, 6) is -1.07. The summed E-state index contributed by atoms with van der Waals surface area (Å²) in [6, 6.07) is 13.8. The molecule has 0 fully saturated rings. The van der Waals surface area contributed by atoms with E-state index in [1.165, 1.54) is 18.2 Å².